The van der Waals surface area contributed by atoms with E-state index in [1.165, 1.54) is 28.4 Å². The van der Waals surface area contributed by atoms with Gasteiger partial charge in [0.05, 0.1) is 50.0 Å². The van der Waals surface area contributed by atoms with E-state index >= 15 is 0 Å². The highest BCUT2D eigenvalue weighted by atomic mass is 32.1. The van der Waals surface area contributed by atoms with E-state index in [1.807, 2.05) is 12.1 Å². The molecule has 4 rings (SSSR count). The van der Waals surface area contributed by atoms with Crippen molar-refractivity contribution in [2.45, 2.75) is 5.92 Å². The molecule has 9 nitrogen and oxygen atoms in total. The maximum absolute atomic E-state index is 13.6. The monoisotopic (exact) mass is 508 g/mol. The molecule has 0 saturated heterocycles. The van der Waals surface area contributed by atoms with Crippen LogP contribution < -0.4 is 30.0 Å². The number of methoxy groups -OCH3 is 4. The van der Waals surface area contributed by atoms with Crippen molar-refractivity contribution in [2.75, 3.05) is 28.4 Å². The third kappa shape index (κ3) is 4.05. The van der Waals surface area contributed by atoms with Crippen LogP contribution in [-0.4, -0.2) is 44.9 Å². The number of carbonyl (C=O) groups excluding carboxylic acids is 2. The van der Waals surface area contributed by atoms with Crippen molar-refractivity contribution in [3.63, 3.8) is 0 Å². The van der Waals surface area contributed by atoms with E-state index in [2.05, 4.69) is 0 Å². The maximum atomic E-state index is 13.6. The number of hydrogen-bond donors (Lipinski definition) is 1. The second kappa shape index (κ2) is 10.1. The lowest BCUT2D eigenvalue weighted by Gasteiger charge is -2.27. The molecule has 2 aromatic carbocycles. The van der Waals surface area contributed by atoms with E-state index in [-0.39, 0.29) is 26.2 Å². The molecule has 0 spiro atoms. The van der Waals surface area contributed by atoms with Gasteiger partial charge < -0.3 is 24.7 Å². The molecule has 186 valence electrons. The summed E-state index contributed by atoms with van der Waals surface area (Å²) in [6, 6.07) is 14.1. The van der Waals surface area contributed by atoms with Gasteiger partial charge in [-0.05, 0) is 18.2 Å². The molecule has 1 aliphatic rings. The lowest BCUT2D eigenvalue weighted by Crippen LogP contribution is -2.41. The van der Waals surface area contributed by atoms with Gasteiger partial charge in [-0.3, -0.25) is 9.36 Å². The summed E-state index contributed by atoms with van der Waals surface area (Å²) in [6.07, 6.45) is 1.65. The van der Waals surface area contributed by atoms with Gasteiger partial charge in [0.2, 0.25) is 0 Å². The first-order chi connectivity index (χ1) is 17.4. The molecule has 2 heterocycles. The van der Waals surface area contributed by atoms with Crippen molar-refractivity contribution >= 4 is 40.7 Å². The van der Waals surface area contributed by atoms with Gasteiger partial charge >= 0.3 is 11.9 Å². The fraction of sp³-hybridized carbons (Fsp3) is 0.192. The Morgan fingerprint density at radius 1 is 0.889 bits per heavy atom. The lowest BCUT2D eigenvalue weighted by molar-refractivity contribution is -0.136. The number of nitrogens with zero attached hydrogens (tertiary/aromatic N) is 1. The number of para-hydroxylation sites is 2. The molecule has 1 aromatic heterocycles. The van der Waals surface area contributed by atoms with E-state index in [9.17, 15) is 14.4 Å². The number of esters is 2. The largest absolute Gasteiger partial charge is 0.496 e. The quantitative estimate of drug-likeness (QED) is 0.493. The number of thiazole rings is 1. The van der Waals surface area contributed by atoms with Gasteiger partial charge in [-0.25, -0.2) is 9.59 Å². The Morgan fingerprint density at radius 2 is 1.47 bits per heavy atom. The summed E-state index contributed by atoms with van der Waals surface area (Å²) in [6.45, 7) is 0. The summed E-state index contributed by atoms with van der Waals surface area (Å²) in [4.78, 5) is 39.8. The van der Waals surface area contributed by atoms with Crippen molar-refractivity contribution < 1.29 is 28.5 Å². The third-order valence-corrected chi connectivity index (χ3v) is 6.94. The van der Waals surface area contributed by atoms with Gasteiger partial charge in [0.1, 0.15) is 22.0 Å². The Bertz CT molecular complexity index is 1570. The van der Waals surface area contributed by atoms with Gasteiger partial charge in [-0.2, -0.15) is 0 Å². The predicted molar refractivity (Wildman–Crippen MR) is 135 cm³/mol. The van der Waals surface area contributed by atoms with Crippen molar-refractivity contribution in [3.05, 3.63) is 84.8 Å². The van der Waals surface area contributed by atoms with Crippen LogP contribution in [0.4, 0.5) is 0 Å². The minimum Gasteiger partial charge on any atom is -0.496 e. The molecule has 0 radical (unpaired) electrons. The Kier molecular flexibility index (Phi) is 6.98. The second-order valence-electron chi connectivity index (χ2n) is 7.67. The van der Waals surface area contributed by atoms with Crippen LogP contribution in [0.5, 0.6) is 11.5 Å². The first-order valence-electron chi connectivity index (χ1n) is 10.8. The minimum absolute atomic E-state index is 0.0679. The Labute approximate surface area is 210 Å². The van der Waals surface area contributed by atoms with Gasteiger partial charge in [0, 0.05) is 11.1 Å². The molecule has 0 bridgehead atoms. The van der Waals surface area contributed by atoms with Gasteiger partial charge in [-0.15, -0.1) is 11.3 Å². The van der Waals surface area contributed by atoms with Crippen LogP contribution in [0.15, 0.2) is 58.9 Å². The molecule has 0 unspecified atom stereocenters. The van der Waals surface area contributed by atoms with Crippen LogP contribution >= 0.6 is 11.3 Å². The number of nitrogens with two attached hydrogens (primary N) is 1. The van der Waals surface area contributed by atoms with Crippen molar-refractivity contribution in [1.82, 2.24) is 4.57 Å². The van der Waals surface area contributed by atoms with Gasteiger partial charge in [0.25, 0.3) is 5.56 Å². The highest BCUT2D eigenvalue weighted by molar-refractivity contribution is 7.07. The summed E-state index contributed by atoms with van der Waals surface area (Å²) in [5, 5.41) is 0. The van der Waals surface area contributed by atoms with E-state index < -0.39 is 23.4 Å². The molecular formula is C26H24N2O7S. The van der Waals surface area contributed by atoms with Crippen molar-refractivity contribution in [2.24, 2.45) is 5.73 Å². The third-order valence-electron chi connectivity index (χ3n) is 5.83. The summed E-state index contributed by atoms with van der Waals surface area (Å²) in [5.41, 5.74) is 7.11. The summed E-state index contributed by atoms with van der Waals surface area (Å²) < 4.78 is 22.7. The van der Waals surface area contributed by atoms with Crippen LogP contribution in [0.1, 0.15) is 17.0 Å². The topological polar surface area (TPSA) is 119 Å². The van der Waals surface area contributed by atoms with Crippen molar-refractivity contribution in [1.29, 1.82) is 0 Å². The fourth-order valence-electron chi connectivity index (χ4n) is 4.21. The highest BCUT2D eigenvalue weighted by Gasteiger charge is 2.40. The number of ether oxygens (including phenoxy) is 4. The molecule has 36 heavy (non-hydrogen) atoms. The number of rotatable bonds is 6. The fourth-order valence-corrected chi connectivity index (χ4v) is 5.36. The molecule has 1 aliphatic heterocycles. The molecule has 10 heteroatoms. The second-order valence-corrected chi connectivity index (χ2v) is 8.70. The van der Waals surface area contributed by atoms with E-state index in [0.717, 1.165) is 15.9 Å². The smallest absolute Gasteiger partial charge is 0.338 e. The van der Waals surface area contributed by atoms with Crippen LogP contribution in [0.3, 0.4) is 0 Å². The normalized spacial score (nSPS) is 15.4. The van der Waals surface area contributed by atoms with Crippen LogP contribution in [-0.2, 0) is 19.1 Å². The Hall–Kier alpha value is -4.31. The summed E-state index contributed by atoms with van der Waals surface area (Å²) >= 11 is 1.06. The zero-order chi connectivity index (χ0) is 26.0. The zero-order valence-corrected chi connectivity index (χ0v) is 20.9. The highest BCUT2D eigenvalue weighted by Crippen LogP contribution is 2.41. The Balaban J connectivity index is 2.16. The van der Waals surface area contributed by atoms with Crippen molar-refractivity contribution in [3.8, 4) is 11.5 Å². The molecule has 2 N–H and O–H groups in total. The molecule has 1 atom stereocenters. The molecule has 0 fully saturated rings. The number of carbonyl (C=O) groups is 2. The minimum atomic E-state index is -1.00. The number of aromatic nitrogens is 1. The molecule has 0 saturated carbocycles. The maximum Gasteiger partial charge on any atom is 0.338 e. The molecule has 3 aromatic rings. The molecular weight excluding hydrogens is 484 g/mol. The Morgan fingerprint density at radius 3 is 2.11 bits per heavy atom. The summed E-state index contributed by atoms with van der Waals surface area (Å²) in [5.74, 6) is -1.66. The van der Waals surface area contributed by atoms with Gasteiger partial charge in [-0.1, -0.05) is 36.4 Å². The average molecular weight is 509 g/mol. The predicted octanol–water partition coefficient (Wildman–Crippen LogP) is 1.18. The number of benzene rings is 2. The van der Waals surface area contributed by atoms with E-state index in [0.29, 0.717) is 22.6 Å². The lowest BCUT2D eigenvalue weighted by atomic mass is 9.82. The van der Waals surface area contributed by atoms with Crippen LogP contribution in [0.2, 0.25) is 0 Å². The molecule has 0 aliphatic carbocycles. The average Bonchev–Trinajstić information content (AvgIpc) is 3.23. The van der Waals surface area contributed by atoms with Gasteiger partial charge in [0.15, 0.2) is 0 Å². The van der Waals surface area contributed by atoms with E-state index in [4.69, 9.17) is 24.7 Å². The SMILES string of the molecule is COC(=O)C1=C(N)n2c(s/c(=C/c3ccccc3OC)c2=O)=C(C(=O)OC)[C@@H]1c1ccccc1OC. The van der Waals surface area contributed by atoms with Crippen LogP contribution in [0.25, 0.3) is 17.5 Å². The first kappa shape index (κ1) is 24.8. The summed E-state index contributed by atoms with van der Waals surface area (Å²) in [7, 11) is 5.44. The number of hydrogen-bond acceptors (Lipinski definition) is 9. The first-order valence-corrected chi connectivity index (χ1v) is 11.6. The van der Waals surface area contributed by atoms with E-state index in [1.54, 1.807) is 42.5 Å². The zero-order valence-electron chi connectivity index (χ0n) is 20.1. The molecule has 0 amide bonds. The number of fused-ring (bicyclic) bond motifs is 1. The standard InChI is InChI=1S/C26H24N2O7S/c1-32-16-11-7-5-9-14(16)13-18-23(29)28-22(27)20(25(30)34-3)19(15-10-6-8-12-17(15)33-2)21(24(28)36-18)26(31)35-4/h5-13,19H,27H2,1-4H3/b18-13+/t19-/m1/s1. The van der Waals surface area contributed by atoms with Crippen LogP contribution in [0, 0.1) is 0 Å².